The molecule has 0 spiro atoms. The molecule has 1 rings (SSSR count). The molecule has 0 bridgehead atoms. The molecule has 0 fully saturated rings. The predicted octanol–water partition coefficient (Wildman–Crippen LogP) is 2.25. The van der Waals surface area contributed by atoms with E-state index in [1.165, 1.54) is 18.2 Å². The molecule has 0 aliphatic carbocycles. The van der Waals surface area contributed by atoms with Gasteiger partial charge in [0, 0.05) is 16.6 Å². The zero-order valence-corrected chi connectivity index (χ0v) is 8.63. The minimum atomic E-state index is -0.975. The second kappa shape index (κ2) is 4.73. The van der Waals surface area contributed by atoms with Crippen LogP contribution in [0.4, 0.5) is 4.39 Å². The maximum Gasteiger partial charge on any atom is 0.130 e. The van der Waals surface area contributed by atoms with Crippen molar-refractivity contribution < 1.29 is 9.50 Å². The zero-order valence-electron chi connectivity index (χ0n) is 7.87. The lowest BCUT2D eigenvalue weighted by atomic mass is 10.0. The lowest BCUT2D eigenvalue weighted by Gasteiger charge is -2.17. The molecule has 0 amide bonds. The van der Waals surface area contributed by atoms with Crippen LogP contribution in [0.3, 0.4) is 0 Å². The Morgan fingerprint density at radius 3 is 2.71 bits per heavy atom. The van der Waals surface area contributed by atoms with Crippen LogP contribution in [0.2, 0.25) is 5.02 Å². The molecule has 1 unspecified atom stereocenters. The van der Waals surface area contributed by atoms with Crippen LogP contribution in [0.1, 0.15) is 25.0 Å². The average Bonchev–Trinajstić information content (AvgIpc) is 2.15. The van der Waals surface area contributed by atoms with E-state index >= 15 is 0 Å². The van der Waals surface area contributed by atoms with E-state index < -0.39 is 18.0 Å². The van der Waals surface area contributed by atoms with Crippen molar-refractivity contribution in [3.63, 3.8) is 0 Å². The van der Waals surface area contributed by atoms with Gasteiger partial charge in [0.1, 0.15) is 5.82 Å². The van der Waals surface area contributed by atoms with E-state index in [9.17, 15) is 9.50 Å². The molecule has 1 aromatic rings. The largest absolute Gasteiger partial charge is 0.387 e. The number of benzene rings is 1. The number of aliphatic hydroxyl groups excluding tert-OH is 1. The monoisotopic (exact) mass is 217 g/mol. The molecule has 0 aliphatic heterocycles. The summed E-state index contributed by atoms with van der Waals surface area (Å²) < 4.78 is 13.3. The molecule has 2 nitrogen and oxygen atoms in total. The van der Waals surface area contributed by atoms with Crippen molar-refractivity contribution in [3.8, 4) is 0 Å². The third-order valence-electron chi connectivity index (χ3n) is 2.16. The highest BCUT2D eigenvalue weighted by atomic mass is 35.5. The topological polar surface area (TPSA) is 46.2 Å². The first kappa shape index (κ1) is 11.4. The van der Waals surface area contributed by atoms with Gasteiger partial charge in [0.25, 0.3) is 0 Å². The summed E-state index contributed by atoms with van der Waals surface area (Å²) in [4.78, 5) is 0. The van der Waals surface area contributed by atoms with Gasteiger partial charge in [0.05, 0.1) is 6.10 Å². The normalized spacial score (nSPS) is 15.2. The first-order chi connectivity index (χ1) is 6.56. The summed E-state index contributed by atoms with van der Waals surface area (Å²) in [5.74, 6) is -0.520. The van der Waals surface area contributed by atoms with Gasteiger partial charge in [-0.3, -0.25) is 0 Å². The number of aliphatic hydroxyl groups is 1. The van der Waals surface area contributed by atoms with Crippen LogP contribution < -0.4 is 5.73 Å². The molecule has 0 aliphatic rings. The summed E-state index contributed by atoms with van der Waals surface area (Å²) in [5, 5.41) is 9.96. The minimum absolute atomic E-state index is 0.198. The van der Waals surface area contributed by atoms with Crippen LogP contribution in [-0.2, 0) is 0 Å². The SMILES string of the molecule is CC[C@@H](N)C(O)c1ccc(Cl)cc1F. The van der Waals surface area contributed by atoms with Crippen LogP contribution in [-0.4, -0.2) is 11.1 Å². The van der Waals surface area contributed by atoms with E-state index in [1.807, 2.05) is 6.92 Å². The van der Waals surface area contributed by atoms with Gasteiger partial charge in [-0.15, -0.1) is 0 Å². The van der Waals surface area contributed by atoms with E-state index in [1.54, 1.807) is 0 Å². The molecular weight excluding hydrogens is 205 g/mol. The maximum atomic E-state index is 13.3. The Kier molecular flexibility index (Phi) is 3.86. The van der Waals surface area contributed by atoms with Crippen molar-refractivity contribution in [1.29, 1.82) is 0 Å². The molecule has 0 saturated heterocycles. The van der Waals surface area contributed by atoms with Crippen molar-refractivity contribution in [2.24, 2.45) is 5.73 Å². The van der Waals surface area contributed by atoms with Crippen molar-refractivity contribution in [2.45, 2.75) is 25.5 Å². The van der Waals surface area contributed by atoms with Crippen LogP contribution in [0.25, 0.3) is 0 Å². The van der Waals surface area contributed by atoms with Gasteiger partial charge in [0.15, 0.2) is 0 Å². The Balaban J connectivity index is 2.95. The van der Waals surface area contributed by atoms with Crippen molar-refractivity contribution >= 4 is 11.6 Å². The average molecular weight is 218 g/mol. The van der Waals surface area contributed by atoms with Crippen LogP contribution >= 0.6 is 11.6 Å². The Morgan fingerprint density at radius 2 is 2.21 bits per heavy atom. The Hall–Kier alpha value is -0.640. The van der Waals surface area contributed by atoms with Gasteiger partial charge in [-0.2, -0.15) is 0 Å². The van der Waals surface area contributed by atoms with Gasteiger partial charge in [-0.25, -0.2) is 4.39 Å². The molecule has 0 heterocycles. The third kappa shape index (κ3) is 2.44. The van der Waals surface area contributed by atoms with Gasteiger partial charge in [-0.05, 0) is 18.6 Å². The fourth-order valence-corrected chi connectivity index (χ4v) is 1.35. The summed E-state index contributed by atoms with van der Waals surface area (Å²) in [7, 11) is 0. The molecular formula is C10H13ClFNO. The number of nitrogens with two attached hydrogens (primary N) is 1. The highest BCUT2D eigenvalue weighted by Gasteiger charge is 2.18. The molecule has 2 atom stereocenters. The minimum Gasteiger partial charge on any atom is -0.387 e. The fraction of sp³-hybridized carbons (Fsp3) is 0.400. The Morgan fingerprint density at radius 1 is 1.57 bits per heavy atom. The van der Waals surface area contributed by atoms with Crippen LogP contribution in [0.5, 0.6) is 0 Å². The fourth-order valence-electron chi connectivity index (χ4n) is 1.20. The van der Waals surface area contributed by atoms with Gasteiger partial charge >= 0.3 is 0 Å². The number of hydrogen-bond acceptors (Lipinski definition) is 2. The molecule has 0 radical (unpaired) electrons. The molecule has 78 valence electrons. The summed E-state index contributed by atoms with van der Waals surface area (Å²) in [6.07, 6.45) is -0.388. The van der Waals surface area contributed by atoms with Gasteiger partial charge in [-0.1, -0.05) is 24.6 Å². The summed E-state index contributed by atoms with van der Waals surface area (Å²) >= 11 is 5.58. The highest BCUT2D eigenvalue weighted by Crippen LogP contribution is 2.23. The van der Waals surface area contributed by atoms with Crippen molar-refractivity contribution in [3.05, 3.63) is 34.6 Å². The Bertz CT molecular complexity index is 319. The lowest BCUT2D eigenvalue weighted by Crippen LogP contribution is -2.27. The molecule has 4 heteroatoms. The quantitative estimate of drug-likeness (QED) is 0.816. The summed E-state index contributed by atoms with van der Waals surface area (Å²) in [6, 6.07) is 3.71. The smallest absolute Gasteiger partial charge is 0.130 e. The maximum absolute atomic E-state index is 13.3. The first-order valence-electron chi connectivity index (χ1n) is 4.44. The van der Waals surface area contributed by atoms with Crippen LogP contribution in [0.15, 0.2) is 18.2 Å². The molecule has 14 heavy (non-hydrogen) atoms. The first-order valence-corrected chi connectivity index (χ1v) is 4.82. The molecule has 1 aromatic carbocycles. The third-order valence-corrected chi connectivity index (χ3v) is 2.39. The zero-order chi connectivity index (χ0) is 10.7. The van der Waals surface area contributed by atoms with E-state index in [0.717, 1.165) is 0 Å². The highest BCUT2D eigenvalue weighted by molar-refractivity contribution is 6.30. The summed E-state index contributed by atoms with van der Waals surface area (Å²) in [6.45, 7) is 1.84. The second-order valence-corrected chi connectivity index (χ2v) is 3.62. The number of hydrogen-bond donors (Lipinski definition) is 2. The number of rotatable bonds is 3. The van der Waals surface area contributed by atoms with E-state index in [-0.39, 0.29) is 5.56 Å². The second-order valence-electron chi connectivity index (χ2n) is 3.18. The van der Waals surface area contributed by atoms with E-state index in [0.29, 0.717) is 11.4 Å². The summed E-state index contributed by atoms with van der Waals surface area (Å²) in [5.41, 5.74) is 5.80. The standard InChI is InChI=1S/C10H13ClFNO/c1-2-9(13)10(14)7-4-3-6(11)5-8(7)12/h3-5,9-10,14H,2,13H2,1H3/t9-,10?/m1/s1. The lowest BCUT2D eigenvalue weighted by molar-refractivity contribution is 0.140. The van der Waals surface area contributed by atoms with Crippen molar-refractivity contribution in [2.75, 3.05) is 0 Å². The van der Waals surface area contributed by atoms with Gasteiger partial charge < -0.3 is 10.8 Å². The molecule has 3 N–H and O–H groups in total. The predicted molar refractivity (Wildman–Crippen MR) is 54.6 cm³/mol. The van der Waals surface area contributed by atoms with Gasteiger partial charge in [0.2, 0.25) is 0 Å². The van der Waals surface area contributed by atoms with E-state index in [4.69, 9.17) is 17.3 Å². The number of halogens is 2. The van der Waals surface area contributed by atoms with Crippen LogP contribution in [0, 0.1) is 5.82 Å². The van der Waals surface area contributed by atoms with E-state index in [2.05, 4.69) is 0 Å². The molecule has 0 aromatic heterocycles. The Labute approximate surface area is 87.5 Å². The molecule has 0 saturated carbocycles. The van der Waals surface area contributed by atoms with Crippen molar-refractivity contribution in [1.82, 2.24) is 0 Å².